The highest BCUT2D eigenvalue weighted by atomic mass is 35.5. The Morgan fingerprint density at radius 1 is 1.14 bits per heavy atom. The molecule has 1 unspecified atom stereocenters. The van der Waals surface area contributed by atoms with Gasteiger partial charge in [0.1, 0.15) is 6.10 Å². The lowest BCUT2D eigenvalue weighted by molar-refractivity contribution is -0.140. The first-order valence-electron chi connectivity index (χ1n) is 14.9. The molecule has 2 aliphatic heterocycles. The van der Waals surface area contributed by atoms with Crippen LogP contribution in [0.1, 0.15) is 47.6 Å². The fourth-order valence-electron chi connectivity index (χ4n) is 8.51. The normalized spacial score (nSPS) is 28.0. The van der Waals surface area contributed by atoms with Gasteiger partial charge in [0.25, 0.3) is 0 Å². The Labute approximate surface area is 257 Å². The molecule has 1 saturated heterocycles. The number of benzene rings is 3. The summed E-state index contributed by atoms with van der Waals surface area (Å²) in [7, 11) is 3.61. The van der Waals surface area contributed by atoms with Gasteiger partial charge in [-0.15, -0.1) is 0 Å². The first kappa shape index (κ1) is 28.0. The lowest BCUT2D eigenvalue weighted by Crippen LogP contribution is -2.69. The van der Waals surface area contributed by atoms with Crippen molar-refractivity contribution in [3.8, 4) is 11.5 Å². The molecule has 0 radical (unpaired) electrons. The number of ether oxygens (including phenoxy) is 2. The number of rotatable bonds is 7. The summed E-state index contributed by atoms with van der Waals surface area (Å²) in [6.45, 7) is 1.48. The van der Waals surface area contributed by atoms with E-state index in [4.69, 9.17) is 32.7 Å². The Morgan fingerprint density at radius 2 is 1.95 bits per heavy atom. The summed E-state index contributed by atoms with van der Waals surface area (Å²) in [5.74, 6) is 2.03. The number of likely N-dealkylation sites (N-methyl/N-ethyl adjacent to an activating group) is 1. The highest BCUT2D eigenvalue weighted by Crippen LogP contribution is 2.64. The molecule has 0 aromatic heterocycles. The Kier molecular flexibility index (Phi) is 7.17. The Balaban J connectivity index is 1.21. The van der Waals surface area contributed by atoms with Gasteiger partial charge in [0.05, 0.1) is 35.7 Å². The summed E-state index contributed by atoms with van der Waals surface area (Å²) < 4.78 is 12.7. The summed E-state index contributed by atoms with van der Waals surface area (Å²) in [5.41, 5.74) is 4.20. The molecule has 1 saturated carbocycles. The van der Waals surface area contributed by atoms with E-state index >= 15 is 0 Å². The number of methoxy groups -OCH3 is 1. The molecule has 6 nitrogen and oxygen atoms in total. The van der Waals surface area contributed by atoms with E-state index in [9.17, 15) is 9.90 Å². The number of halogens is 2. The summed E-state index contributed by atoms with van der Waals surface area (Å²) in [6.07, 6.45) is 3.25. The number of amides is 1. The molecule has 2 aliphatic carbocycles. The standard InChI is InChI=1S/C34H36Cl2N2O4/c1-37(30(40)17-20-8-11-24(35)25(36)16-20)26-12-10-23-27-18-22-9-13-29(41-2)32-31(22)34(23,33(26)42-32)14-15-38(27)19-28(39)21-6-4-3-5-7-21/h3-9,11,13,16,23,26-28,33,39H,10,12,14-15,17-19H2,1-2H3/t23-,26-,27+,28?,33-,34-/m0/s1. The van der Waals surface area contributed by atoms with Crippen LogP contribution in [0, 0.1) is 5.92 Å². The fourth-order valence-corrected chi connectivity index (χ4v) is 8.83. The van der Waals surface area contributed by atoms with Crippen LogP contribution in [0.15, 0.2) is 60.7 Å². The van der Waals surface area contributed by atoms with Crippen LogP contribution in [0.2, 0.25) is 10.0 Å². The highest BCUT2D eigenvalue weighted by molar-refractivity contribution is 6.42. The van der Waals surface area contributed by atoms with Crippen molar-refractivity contribution in [3.63, 3.8) is 0 Å². The van der Waals surface area contributed by atoms with Gasteiger partial charge in [0.2, 0.25) is 5.91 Å². The molecular weight excluding hydrogens is 571 g/mol. The molecule has 1 amide bonds. The Bertz CT molecular complexity index is 1520. The van der Waals surface area contributed by atoms with Crippen LogP contribution in [0.4, 0.5) is 0 Å². The third-order valence-corrected chi connectivity index (χ3v) is 11.2. The van der Waals surface area contributed by atoms with E-state index in [-0.39, 0.29) is 29.9 Å². The number of carbonyl (C=O) groups is 1. The van der Waals surface area contributed by atoms with Crippen molar-refractivity contribution in [2.24, 2.45) is 5.92 Å². The second-order valence-corrected chi connectivity index (χ2v) is 13.1. The summed E-state index contributed by atoms with van der Waals surface area (Å²) in [5, 5.41) is 12.1. The van der Waals surface area contributed by atoms with E-state index in [0.717, 1.165) is 54.9 Å². The zero-order valence-electron chi connectivity index (χ0n) is 23.9. The molecule has 42 heavy (non-hydrogen) atoms. The molecule has 7 rings (SSSR count). The zero-order chi connectivity index (χ0) is 29.2. The Hall–Kier alpha value is -2.77. The van der Waals surface area contributed by atoms with Crippen LogP contribution in [-0.4, -0.2) is 66.2 Å². The van der Waals surface area contributed by atoms with E-state index in [0.29, 0.717) is 28.5 Å². The molecule has 6 atom stereocenters. The van der Waals surface area contributed by atoms with Gasteiger partial charge in [0.15, 0.2) is 11.5 Å². The number of β-amino-alcohol motifs (C(OH)–C–C–N with tert-alkyl or cyclic N) is 1. The Morgan fingerprint density at radius 3 is 2.71 bits per heavy atom. The molecule has 3 aromatic rings. The number of carbonyl (C=O) groups excluding carboxylic acids is 1. The monoisotopic (exact) mass is 606 g/mol. The molecule has 220 valence electrons. The predicted octanol–water partition coefficient (Wildman–Crippen LogP) is 5.84. The van der Waals surface area contributed by atoms with Crippen molar-refractivity contribution in [2.75, 3.05) is 27.2 Å². The number of nitrogens with zero attached hydrogens (tertiary/aromatic N) is 2. The number of likely N-dealkylation sites (tertiary alicyclic amines) is 1. The van der Waals surface area contributed by atoms with E-state index < -0.39 is 6.10 Å². The topological polar surface area (TPSA) is 62.2 Å². The lowest BCUT2D eigenvalue weighted by atomic mass is 9.51. The smallest absolute Gasteiger partial charge is 0.227 e. The molecule has 2 fully saturated rings. The van der Waals surface area contributed by atoms with E-state index in [1.807, 2.05) is 54.4 Å². The van der Waals surface area contributed by atoms with Crippen LogP contribution in [0.3, 0.4) is 0 Å². The first-order chi connectivity index (χ1) is 20.3. The fraction of sp³-hybridized carbons (Fsp3) is 0.441. The maximum atomic E-state index is 13.7. The highest BCUT2D eigenvalue weighted by Gasteiger charge is 2.66. The quantitative estimate of drug-likeness (QED) is 0.366. The van der Waals surface area contributed by atoms with Gasteiger partial charge in [-0.25, -0.2) is 0 Å². The van der Waals surface area contributed by atoms with Crippen molar-refractivity contribution in [2.45, 2.75) is 61.8 Å². The van der Waals surface area contributed by atoms with Gasteiger partial charge in [-0.2, -0.15) is 0 Å². The minimum Gasteiger partial charge on any atom is -0.493 e. The van der Waals surface area contributed by atoms with Gasteiger partial charge >= 0.3 is 0 Å². The minimum atomic E-state index is -0.537. The van der Waals surface area contributed by atoms with Crippen LogP contribution in [-0.2, 0) is 23.1 Å². The number of hydrogen-bond acceptors (Lipinski definition) is 5. The second kappa shape index (κ2) is 10.7. The van der Waals surface area contributed by atoms with Gasteiger partial charge < -0.3 is 19.5 Å². The van der Waals surface area contributed by atoms with Gasteiger partial charge in [-0.1, -0.05) is 65.7 Å². The lowest BCUT2D eigenvalue weighted by Gasteiger charge is -2.60. The van der Waals surface area contributed by atoms with Crippen molar-refractivity contribution < 1.29 is 19.4 Å². The maximum absolute atomic E-state index is 13.7. The van der Waals surface area contributed by atoms with Crippen molar-refractivity contribution in [1.29, 1.82) is 0 Å². The van der Waals surface area contributed by atoms with Crippen molar-refractivity contribution >= 4 is 29.1 Å². The number of aliphatic hydroxyl groups is 1. The molecule has 4 aliphatic rings. The molecule has 3 aromatic carbocycles. The predicted molar refractivity (Wildman–Crippen MR) is 164 cm³/mol. The summed E-state index contributed by atoms with van der Waals surface area (Å²) >= 11 is 12.4. The molecule has 1 N–H and O–H groups in total. The number of aliphatic hydroxyl groups excluding tert-OH is 1. The first-order valence-corrected chi connectivity index (χ1v) is 15.6. The SMILES string of the molecule is COc1ccc2c3c1O[C@H]1[C@@H](N(C)C(=O)Cc4ccc(Cl)c(Cl)c4)CC[C@H]4[C@@H](C2)N(CC(O)c2ccccc2)CC[C@@]341. The molecule has 1 spiro atoms. The third kappa shape index (κ3) is 4.33. The average Bonchev–Trinajstić information content (AvgIpc) is 3.35. The van der Waals surface area contributed by atoms with Crippen molar-refractivity contribution in [1.82, 2.24) is 9.80 Å². The molecule has 2 heterocycles. The van der Waals surface area contributed by atoms with Gasteiger partial charge in [-0.05, 0) is 73.0 Å². The number of piperidine rings is 1. The zero-order valence-corrected chi connectivity index (χ0v) is 25.4. The second-order valence-electron chi connectivity index (χ2n) is 12.3. The van der Waals surface area contributed by atoms with Crippen molar-refractivity contribution in [3.05, 3.63) is 93.0 Å². The summed E-state index contributed by atoms with van der Waals surface area (Å²) in [6, 6.07) is 19.8. The van der Waals surface area contributed by atoms with E-state index in [1.54, 1.807) is 19.2 Å². The van der Waals surface area contributed by atoms with Gasteiger partial charge in [-0.3, -0.25) is 9.69 Å². The van der Waals surface area contributed by atoms with Crippen LogP contribution in [0.5, 0.6) is 11.5 Å². The van der Waals surface area contributed by atoms with Crippen LogP contribution < -0.4 is 9.47 Å². The van der Waals surface area contributed by atoms with E-state index in [2.05, 4.69) is 11.0 Å². The van der Waals surface area contributed by atoms with Crippen LogP contribution >= 0.6 is 23.2 Å². The number of hydrogen-bond donors (Lipinski definition) is 1. The van der Waals surface area contributed by atoms with E-state index in [1.165, 1.54) is 11.1 Å². The van der Waals surface area contributed by atoms with Crippen LogP contribution in [0.25, 0.3) is 0 Å². The molecular formula is C34H36Cl2N2O4. The average molecular weight is 608 g/mol. The summed E-state index contributed by atoms with van der Waals surface area (Å²) in [4.78, 5) is 18.1. The molecule has 2 bridgehead atoms. The maximum Gasteiger partial charge on any atom is 0.227 e. The largest absolute Gasteiger partial charge is 0.493 e. The minimum absolute atomic E-state index is 0.0377. The molecule has 8 heteroatoms. The van der Waals surface area contributed by atoms with Gasteiger partial charge in [0, 0.05) is 30.6 Å². The third-order valence-electron chi connectivity index (χ3n) is 10.4.